The minimum Gasteiger partial charge on any atom is -0.339 e. The molecule has 3 atom stereocenters. The van der Waals surface area contributed by atoms with E-state index in [1.807, 2.05) is 36.4 Å². The fraction of sp³-hybridized carbons (Fsp3) is 0.348. The van der Waals surface area contributed by atoms with Gasteiger partial charge in [-0.25, -0.2) is 4.39 Å². The van der Waals surface area contributed by atoms with Crippen LogP contribution in [0.25, 0.3) is 11.4 Å². The van der Waals surface area contributed by atoms with Crippen LogP contribution in [0.4, 0.5) is 4.39 Å². The molecule has 2 aliphatic rings. The molecular formula is C23H22FN3O2. The van der Waals surface area contributed by atoms with Crippen molar-refractivity contribution in [2.45, 2.75) is 50.6 Å². The Morgan fingerprint density at radius 3 is 2.48 bits per heavy atom. The number of halogens is 1. The first-order valence-corrected chi connectivity index (χ1v) is 10.1. The van der Waals surface area contributed by atoms with Crippen LogP contribution in [-0.2, 0) is 0 Å². The summed E-state index contributed by atoms with van der Waals surface area (Å²) in [5.74, 6) is 1.23. The van der Waals surface area contributed by atoms with Gasteiger partial charge < -0.3 is 9.42 Å². The van der Waals surface area contributed by atoms with Crippen LogP contribution in [0.2, 0.25) is 0 Å². The van der Waals surface area contributed by atoms with Gasteiger partial charge in [-0.05, 0) is 61.4 Å². The maximum absolute atomic E-state index is 13.3. The van der Waals surface area contributed by atoms with E-state index in [4.69, 9.17) is 4.52 Å². The predicted octanol–water partition coefficient (Wildman–Crippen LogP) is 4.73. The summed E-state index contributed by atoms with van der Waals surface area (Å²) in [7, 11) is 0. The first-order chi connectivity index (χ1) is 14.1. The van der Waals surface area contributed by atoms with Crippen molar-refractivity contribution in [3.63, 3.8) is 0 Å². The van der Waals surface area contributed by atoms with Gasteiger partial charge in [0, 0.05) is 30.1 Å². The molecule has 2 bridgehead atoms. The van der Waals surface area contributed by atoms with E-state index in [1.54, 1.807) is 6.92 Å². The van der Waals surface area contributed by atoms with E-state index < -0.39 is 0 Å². The van der Waals surface area contributed by atoms with E-state index in [0.29, 0.717) is 23.2 Å². The molecule has 5 nitrogen and oxygen atoms in total. The number of nitrogens with zero attached hydrogens (tertiary/aromatic N) is 3. The van der Waals surface area contributed by atoms with Crippen molar-refractivity contribution < 1.29 is 13.7 Å². The van der Waals surface area contributed by atoms with Crippen molar-refractivity contribution in [1.82, 2.24) is 15.0 Å². The summed E-state index contributed by atoms with van der Waals surface area (Å²) in [6, 6.07) is 14.7. The van der Waals surface area contributed by atoms with Crippen LogP contribution < -0.4 is 0 Å². The Labute approximate surface area is 168 Å². The lowest BCUT2D eigenvalue weighted by Gasteiger charge is -2.39. The van der Waals surface area contributed by atoms with Crippen LogP contribution in [-0.4, -0.2) is 33.0 Å². The fourth-order valence-corrected chi connectivity index (χ4v) is 4.87. The van der Waals surface area contributed by atoms with Crippen LogP contribution in [0.3, 0.4) is 0 Å². The van der Waals surface area contributed by atoms with Gasteiger partial charge in [0.15, 0.2) is 0 Å². The quantitative estimate of drug-likeness (QED) is 0.647. The first-order valence-electron chi connectivity index (χ1n) is 10.1. The number of amides is 1. The maximum atomic E-state index is 13.3. The average molecular weight is 391 g/mol. The highest BCUT2D eigenvalue weighted by Gasteiger charge is 2.43. The molecule has 148 valence electrons. The molecule has 0 N–H and O–H groups in total. The molecule has 6 heteroatoms. The van der Waals surface area contributed by atoms with Crippen LogP contribution >= 0.6 is 0 Å². The number of hydrogen-bond donors (Lipinski definition) is 0. The molecule has 0 radical (unpaired) electrons. The highest BCUT2D eigenvalue weighted by Crippen LogP contribution is 2.43. The number of hydrogen-bond acceptors (Lipinski definition) is 4. The Bertz CT molecular complexity index is 1030. The number of piperidine rings is 1. The van der Waals surface area contributed by atoms with Gasteiger partial charge in [0.2, 0.25) is 11.7 Å². The SMILES string of the molecule is Cc1nc(-c2cccc(C(=O)N3[C@@H]4CC[C@H]3C[C@@H](c3ccc(F)cc3)C4)c2)no1. The number of aromatic nitrogens is 2. The maximum Gasteiger partial charge on any atom is 0.254 e. The number of rotatable bonds is 3. The molecule has 3 aromatic rings. The number of carbonyl (C=O) groups is 1. The Balaban J connectivity index is 1.37. The summed E-state index contributed by atoms with van der Waals surface area (Å²) in [5.41, 5.74) is 2.60. The molecule has 1 aromatic heterocycles. The Hall–Kier alpha value is -3.02. The summed E-state index contributed by atoms with van der Waals surface area (Å²) < 4.78 is 18.3. The topological polar surface area (TPSA) is 59.2 Å². The fourth-order valence-electron chi connectivity index (χ4n) is 4.87. The van der Waals surface area contributed by atoms with Crippen LogP contribution in [0.15, 0.2) is 53.1 Å². The molecule has 3 heterocycles. The third-order valence-corrected chi connectivity index (χ3v) is 6.20. The number of fused-ring (bicyclic) bond motifs is 2. The third-order valence-electron chi connectivity index (χ3n) is 6.20. The molecule has 1 amide bonds. The molecule has 0 aliphatic carbocycles. The van der Waals surface area contributed by atoms with Gasteiger partial charge in [-0.3, -0.25) is 4.79 Å². The van der Waals surface area contributed by atoms with Crippen LogP contribution in [0.1, 0.15) is 53.4 Å². The molecule has 2 aliphatic heterocycles. The molecule has 29 heavy (non-hydrogen) atoms. The van der Waals surface area contributed by atoms with Crippen molar-refractivity contribution in [1.29, 1.82) is 0 Å². The zero-order chi connectivity index (χ0) is 20.0. The number of aryl methyl sites for hydroxylation is 1. The lowest BCUT2D eigenvalue weighted by Crippen LogP contribution is -2.46. The van der Waals surface area contributed by atoms with Gasteiger partial charge in [-0.1, -0.05) is 29.4 Å². The normalized spacial score (nSPS) is 23.4. The van der Waals surface area contributed by atoms with Gasteiger partial charge >= 0.3 is 0 Å². The molecule has 0 spiro atoms. The molecule has 5 rings (SSSR count). The summed E-state index contributed by atoms with van der Waals surface area (Å²) in [5, 5.41) is 3.95. The molecule has 2 fully saturated rings. The number of carbonyl (C=O) groups excluding carboxylic acids is 1. The molecule has 2 saturated heterocycles. The Morgan fingerprint density at radius 2 is 1.83 bits per heavy atom. The largest absolute Gasteiger partial charge is 0.339 e. The second-order valence-corrected chi connectivity index (χ2v) is 8.04. The van der Waals surface area contributed by atoms with Gasteiger partial charge in [-0.2, -0.15) is 4.98 Å². The van der Waals surface area contributed by atoms with Gasteiger partial charge in [-0.15, -0.1) is 0 Å². The van der Waals surface area contributed by atoms with Gasteiger partial charge in [0.25, 0.3) is 5.91 Å². The minimum absolute atomic E-state index is 0.0668. The van der Waals surface area contributed by atoms with Gasteiger partial charge in [0.05, 0.1) is 0 Å². The lowest BCUT2D eigenvalue weighted by atomic mass is 9.84. The Kier molecular flexibility index (Phi) is 4.42. The molecule has 0 saturated carbocycles. The monoisotopic (exact) mass is 391 g/mol. The van der Waals surface area contributed by atoms with E-state index in [0.717, 1.165) is 31.2 Å². The van der Waals surface area contributed by atoms with Crippen LogP contribution in [0, 0.1) is 12.7 Å². The zero-order valence-corrected chi connectivity index (χ0v) is 16.2. The van der Waals surface area contributed by atoms with E-state index in [-0.39, 0.29) is 23.8 Å². The second kappa shape index (κ2) is 7.10. The summed E-state index contributed by atoms with van der Waals surface area (Å²) in [4.78, 5) is 19.7. The molecular weight excluding hydrogens is 369 g/mol. The van der Waals surface area contributed by atoms with E-state index in [9.17, 15) is 9.18 Å². The van der Waals surface area contributed by atoms with E-state index >= 15 is 0 Å². The standard InChI is InChI=1S/C23H22FN3O2/c1-14-25-22(26-29-14)16-3-2-4-17(11-16)23(28)27-20-9-10-21(27)13-18(12-20)15-5-7-19(24)8-6-15/h2-8,11,18,20-21H,9-10,12-13H2,1H3/t18-,20+,21-. The summed E-state index contributed by atoms with van der Waals surface area (Å²) in [6.45, 7) is 1.74. The third kappa shape index (κ3) is 3.33. The average Bonchev–Trinajstić information content (AvgIpc) is 3.28. The highest BCUT2D eigenvalue weighted by atomic mass is 19.1. The minimum atomic E-state index is -0.207. The van der Waals surface area contributed by atoms with E-state index in [2.05, 4.69) is 15.0 Å². The summed E-state index contributed by atoms with van der Waals surface area (Å²) in [6.07, 6.45) is 3.91. The van der Waals surface area contributed by atoms with Crippen molar-refractivity contribution in [3.8, 4) is 11.4 Å². The predicted molar refractivity (Wildman–Crippen MR) is 106 cm³/mol. The van der Waals surface area contributed by atoms with Crippen molar-refractivity contribution in [3.05, 3.63) is 71.4 Å². The first kappa shape index (κ1) is 18.0. The van der Waals surface area contributed by atoms with Crippen molar-refractivity contribution >= 4 is 5.91 Å². The lowest BCUT2D eigenvalue weighted by molar-refractivity contribution is 0.0571. The smallest absolute Gasteiger partial charge is 0.254 e. The Morgan fingerprint density at radius 1 is 1.10 bits per heavy atom. The van der Waals surface area contributed by atoms with Crippen molar-refractivity contribution in [2.24, 2.45) is 0 Å². The van der Waals surface area contributed by atoms with Crippen LogP contribution in [0.5, 0.6) is 0 Å². The zero-order valence-electron chi connectivity index (χ0n) is 16.2. The van der Waals surface area contributed by atoms with Crippen molar-refractivity contribution in [2.75, 3.05) is 0 Å². The summed E-state index contributed by atoms with van der Waals surface area (Å²) >= 11 is 0. The van der Waals surface area contributed by atoms with Gasteiger partial charge in [0.1, 0.15) is 5.82 Å². The molecule has 2 aromatic carbocycles. The number of benzene rings is 2. The van der Waals surface area contributed by atoms with E-state index in [1.165, 1.54) is 17.7 Å². The second-order valence-electron chi connectivity index (χ2n) is 8.04. The molecule has 0 unspecified atom stereocenters. The highest BCUT2D eigenvalue weighted by molar-refractivity contribution is 5.96.